The molecule has 2 N–H and O–H groups in total. The molecule has 140 valence electrons. The Kier molecular flexibility index (Phi) is 7.74. The number of aliphatic imine (C=N–C) groups is 1. The Morgan fingerprint density at radius 3 is 2.76 bits per heavy atom. The Morgan fingerprint density at radius 1 is 1.28 bits per heavy atom. The predicted octanol–water partition coefficient (Wildman–Crippen LogP) is 4.15. The molecule has 0 saturated heterocycles. The van der Waals surface area contributed by atoms with E-state index in [0.29, 0.717) is 23.9 Å². The number of aromatic nitrogens is 1. The second kappa shape index (κ2) is 9.79. The number of hydrogen-bond acceptors (Lipinski definition) is 3. The SMILES string of the molecule is CCNC(=NCCc1nc(C(F)(F)F)cs1)NCCC1=CCCCC1. The van der Waals surface area contributed by atoms with E-state index in [9.17, 15) is 13.2 Å². The molecule has 1 aromatic rings. The molecule has 1 aliphatic rings. The number of alkyl halides is 3. The Balaban J connectivity index is 1.78. The second-order valence-corrected chi connectivity index (χ2v) is 6.86. The fraction of sp³-hybridized carbons (Fsp3) is 0.647. The molecule has 0 aliphatic heterocycles. The van der Waals surface area contributed by atoms with Crippen LogP contribution in [0.2, 0.25) is 0 Å². The van der Waals surface area contributed by atoms with Gasteiger partial charge in [-0.25, -0.2) is 4.98 Å². The standard InChI is InChI=1S/C17H25F3N4S/c1-2-21-16(22-10-8-13-6-4-3-5-7-13)23-11-9-15-24-14(12-25-15)17(18,19)20/h6,12H,2-5,7-11H2,1H3,(H2,21,22,23). The normalized spacial score (nSPS) is 15.8. The maximum absolute atomic E-state index is 12.5. The van der Waals surface area contributed by atoms with Crippen molar-refractivity contribution in [2.45, 2.75) is 51.6 Å². The molecule has 0 aromatic carbocycles. The second-order valence-electron chi connectivity index (χ2n) is 5.92. The summed E-state index contributed by atoms with van der Waals surface area (Å²) in [7, 11) is 0. The molecule has 0 saturated carbocycles. The van der Waals surface area contributed by atoms with Crippen molar-refractivity contribution in [2.24, 2.45) is 4.99 Å². The predicted molar refractivity (Wildman–Crippen MR) is 96.0 cm³/mol. The van der Waals surface area contributed by atoms with Crippen LogP contribution in [-0.2, 0) is 12.6 Å². The summed E-state index contributed by atoms with van der Waals surface area (Å²) in [6.45, 7) is 3.94. The van der Waals surface area contributed by atoms with Gasteiger partial charge in [0.05, 0.1) is 5.01 Å². The van der Waals surface area contributed by atoms with Crippen LogP contribution in [0.4, 0.5) is 13.2 Å². The topological polar surface area (TPSA) is 49.3 Å². The first kappa shape index (κ1) is 19.8. The third-order valence-electron chi connectivity index (χ3n) is 3.91. The minimum Gasteiger partial charge on any atom is -0.357 e. The van der Waals surface area contributed by atoms with Gasteiger partial charge in [-0.1, -0.05) is 11.6 Å². The van der Waals surface area contributed by atoms with E-state index in [2.05, 4.69) is 26.7 Å². The zero-order valence-electron chi connectivity index (χ0n) is 14.5. The number of rotatable bonds is 7. The van der Waals surface area contributed by atoms with Crippen LogP contribution in [0.3, 0.4) is 0 Å². The number of guanidine groups is 1. The van der Waals surface area contributed by atoms with Gasteiger partial charge in [-0.15, -0.1) is 11.3 Å². The molecular formula is C17H25F3N4S. The molecule has 1 heterocycles. The summed E-state index contributed by atoms with van der Waals surface area (Å²) < 4.78 is 37.6. The molecule has 0 unspecified atom stereocenters. The Hall–Kier alpha value is -1.57. The lowest BCUT2D eigenvalue weighted by Crippen LogP contribution is -2.38. The fourth-order valence-electron chi connectivity index (χ4n) is 2.63. The Bertz CT molecular complexity index is 593. The summed E-state index contributed by atoms with van der Waals surface area (Å²) in [5.41, 5.74) is 0.680. The van der Waals surface area contributed by atoms with Crippen molar-refractivity contribution < 1.29 is 13.2 Å². The molecule has 8 heteroatoms. The molecule has 0 amide bonds. The molecule has 25 heavy (non-hydrogen) atoms. The largest absolute Gasteiger partial charge is 0.434 e. The van der Waals surface area contributed by atoms with Crippen LogP contribution in [-0.4, -0.2) is 30.6 Å². The monoisotopic (exact) mass is 374 g/mol. The molecular weight excluding hydrogens is 349 g/mol. The lowest BCUT2D eigenvalue weighted by molar-refractivity contribution is -0.140. The van der Waals surface area contributed by atoms with Crippen molar-refractivity contribution in [3.63, 3.8) is 0 Å². The third kappa shape index (κ3) is 7.05. The number of nitrogens with one attached hydrogen (secondary N) is 2. The summed E-state index contributed by atoms with van der Waals surface area (Å²) in [6, 6.07) is 0. The summed E-state index contributed by atoms with van der Waals surface area (Å²) in [5.74, 6) is 0.700. The average Bonchev–Trinajstić information content (AvgIpc) is 3.05. The van der Waals surface area contributed by atoms with Crippen molar-refractivity contribution >= 4 is 17.3 Å². The van der Waals surface area contributed by atoms with E-state index < -0.39 is 11.9 Å². The highest BCUT2D eigenvalue weighted by Crippen LogP contribution is 2.30. The van der Waals surface area contributed by atoms with Crippen LogP contribution in [0.5, 0.6) is 0 Å². The van der Waals surface area contributed by atoms with Crippen molar-refractivity contribution in [3.05, 3.63) is 27.7 Å². The minimum absolute atomic E-state index is 0.405. The first-order valence-corrected chi connectivity index (χ1v) is 9.58. The number of nitrogens with zero attached hydrogens (tertiary/aromatic N) is 2. The smallest absolute Gasteiger partial charge is 0.357 e. The van der Waals surface area contributed by atoms with E-state index in [0.717, 1.165) is 36.2 Å². The average molecular weight is 374 g/mol. The van der Waals surface area contributed by atoms with Crippen LogP contribution in [0.1, 0.15) is 49.7 Å². The van der Waals surface area contributed by atoms with Crippen LogP contribution in [0, 0.1) is 0 Å². The molecule has 4 nitrogen and oxygen atoms in total. The molecule has 1 aliphatic carbocycles. The lowest BCUT2D eigenvalue weighted by Gasteiger charge is -2.15. The highest BCUT2D eigenvalue weighted by molar-refractivity contribution is 7.09. The van der Waals surface area contributed by atoms with Crippen molar-refractivity contribution in [1.82, 2.24) is 15.6 Å². The number of allylic oxidation sites excluding steroid dienone is 1. The van der Waals surface area contributed by atoms with Gasteiger partial charge in [-0.3, -0.25) is 4.99 Å². The number of hydrogen-bond donors (Lipinski definition) is 2. The maximum atomic E-state index is 12.5. The Morgan fingerprint density at radius 2 is 2.12 bits per heavy atom. The summed E-state index contributed by atoms with van der Waals surface area (Å²) in [4.78, 5) is 8.05. The van der Waals surface area contributed by atoms with Crippen molar-refractivity contribution in [1.29, 1.82) is 0 Å². The molecule has 0 radical (unpaired) electrons. The van der Waals surface area contributed by atoms with E-state index in [1.807, 2.05) is 6.92 Å². The third-order valence-corrected chi connectivity index (χ3v) is 4.81. The summed E-state index contributed by atoms with van der Waals surface area (Å²) >= 11 is 1.03. The van der Waals surface area contributed by atoms with Gasteiger partial charge in [0.15, 0.2) is 11.7 Å². The van der Waals surface area contributed by atoms with E-state index in [4.69, 9.17) is 0 Å². The van der Waals surface area contributed by atoms with E-state index >= 15 is 0 Å². The summed E-state index contributed by atoms with van der Waals surface area (Å²) in [5, 5.41) is 7.96. The molecule has 0 spiro atoms. The minimum atomic E-state index is -4.37. The van der Waals surface area contributed by atoms with E-state index in [1.54, 1.807) is 0 Å². The van der Waals surface area contributed by atoms with E-state index in [-0.39, 0.29) is 0 Å². The first-order chi connectivity index (χ1) is 12.0. The van der Waals surface area contributed by atoms with Gasteiger partial charge in [0, 0.05) is 31.4 Å². The zero-order chi connectivity index (χ0) is 18.1. The van der Waals surface area contributed by atoms with Gasteiger partial charge in [0.1, 0.15) is 0 Å². The molecule has 0 fully saturated rings. The maximum Gasteiger partial charge on any atom is 0.434 e. The molecule has 1 aromatic heterocycles. The molecule has 2 rings (SSSR count). The number of thiazole rings is 1. The van der Waals surface area contributed by atoms with Crippen LogP contribution < -0.4 is 10.6 Å². The van der Waals surface area contributed by atoms with Gasteiger partial charge in [0.25, 0.3) is 0 Å². The quantitative estimate of drug-likeness (QED) is 0.428. The summed E-state index contributed by atoms with van der Waals surface area (Å²) in [6.07, 6.45) is 4.28. The lowest BCUT2D eigenvalue weighted by atomic mass is 9.97. The van der Waals surface area contributed by atoms with Crippen molar-refractivity contribution in [2.75, 3.05) is 19.6 Å². The highest BCUT2D eigenvalue weighted by atomic mass is 32.1. The molecule has 0 bridgehead atoms. The highest BCUT2D eigenvalue weighted by Gasteiger charge is 2.33. The first-order valence-electron chi connectivity index (χ1n) is 8.70. The Labute approximate surface area is 150 Å². The fourth-order valence-corrected chi connectivity index (χ4v) is 3.43. The molecule has 0 atom stereocenters. The zero-order valence-corrected chi connectivity index (χ0v) is 15.3. The van der Waals surface area contributed by atoms with E-state index in [1.165, 1.54) is 31.3 Å². The van der Waals surface area contributed by atoms with Gasteiger partial charge in [-0.2, -0.15) is 13.2 Å². The van der Waals surface area contributed by atoms with Gasteiger partial charge >= 0.3 is 6.18 Å². The van der Waals surface area contributed by atoms with Gasteiger partial charge < -0.3 is 10.6 Å². The van der Waals surface area contributed by atoms with Gasteiger partial charge in [-0.05, 0) is 39.0 Å². The van der Waals surface area contributed by atoms with Crippen LogP contribution in [0.15, 0.2) is 22.0 Å². The van der Waals surface area contributed by atoms with Crippen LogP contribution >= 0.6 is 11.3 Å². The van der Waals surface area contributed by atoms with Crippen molar-refractivity contribution in [3.8, 4) is 0 Å². The number of halogens is 3. The van der Waals surface area contributed by atoms with Crippen LogP contribution in [0.25, 0.3) is 0 Å². The van der Waals surface area contributed by atoms with Gasteiger partial charge in [0.2, 0.25) is 0 Å².